The summed E-state index contributed by atoms with van der Waals surface area (Å²) in [5.41, 5.74) is 1.59. The van der Waals surface area contributed by atoms with Crippen molar-refractivity contribution in [2.75, 3.05) is 7.11 Å². The number of aromatic amines is 2. The Morgan fingerprint density at radius 3 is 2.54 bits per heavy atom. The summed E-state index contributed by atoms with van der Waals surface area (Å²) in [6.07, 6.45) is 2.25. The van der Waals surface area contributed by atoms with Crippen molar-refractivity contribution in [3.63, 3.8) is 0 Å². The second kappa shape index (κ2) is 9.84. The number of carbonyl (C=O) groups is 1. The van der Waals surface area contributed by atoms with E-state index in [0.29, 0.717) is 5.69 Å². The van der Waals surface area contributed by atoms with Crippen LogP contribution in [-0.2, 0) is 16.0 Å². The number of aliphatic imine (C=N–C) groups is 1. The van der Waals surface area contributed by atoms with E-state index in [1.165, 1.54) is 7.11 Å². The van der Waals surface area contributed by atoms with Crippen LogP contribution in [0.1, 0.15) is 30.0 Å². The fraction of sp³-hybridized carbons (Fsp3) is 0.231. The van der Waals surface area contributed by atoms with Crippen LogP contribution >= 0.6 is 0 Å². The lowest BCUT2D eigenvalue weighted by Crippen LogP contribution is -2.34. The number of hydrogen-bond donors (Lipinski definition) is 3. The molecule has 0 bridgehead atoms. The Morgan fingerprint density at radius 1 is 1.14 bits per heavy atom. The highest BCUT2D eigenvalue weighted by atomic mass is 16.5. The highest BCUT2D eigenvalue weighted by Crippen LogP contribution is 2.22. The lowest BCUT2D eigenvalue weighted by Gasteiger charge is -2.15. The number of hydrogen-bond acceptors (Lipinski definition) is 6. The highest BCUT2D eigenvalue weighted by Gasteiger charge is 2.25. The van der Waals surface area contributed by atoms with Gasteiger partial charge in [-0.2, -0.15) is 0 Å². The van der Waals surface area contributed by atoms with Gasteiger partial charge in [-0.25, -0.2) is 14.2 Å². The number of benzene rings is 2. The van der Waals surface area contributed by atoms with E-state index in [4.69, 9.17) is 4.74 Å². The maximum Gasteiger partial charge on any atom is 0.335 e. The van der Waals surface area contributed by atoms with Gasteiger partial charge >= 0.3 is 11.7 Å². The van der Waals surface area contributed by atoms with E-state index < -0.39 is 29.1 Å². The molecular formula is C26H26N4O5. The van der Waals surface area contributed by atoms with Gasteiger partial charge in [-0.05, 0) is 37.1 Å². The fourth-order valence-electron chi connectivity index (χ4n) is 4.07. The molecule has 35 heavy (non-hydrogen) atoms. The third kappa shape index (κ3) is 4.65. The maximum absolute atomic E-state index is 12.8. The monoisotopic (exact) mass is 474 g/mol. The quantitative estimate of drug-likeness (QED) is 0.280. The van der Waals surface area contributed by atoms with Crippen LogP contribution in [0.15, 0.2) is 69.3 Å². The van der Waals surface area contributed by atoms with E-state index in [0.717, 1.165) is 26.6 Å². The molecule has 4 aromatic rings. The van der Waals surface area contributed by atoms with Gasteiger partial charge in [-0.15, -0.1) is 0 Å². The van der Waals surface area contributed by atoms with Crippen molar-refractivity contribution >= 4 is 22.6 Å². The zero-order valence-corrected chi connectivity index (χ0v) is 19.7. The Bertz CT molecular complexity index is 1530. The third-order valence-electron chi connectivity index (χ3n) is 5.87. The first-order chi connectivity index (χ1) is 16.8. The van der Waals surface area contributed by atoms with Gasteiger partial charge in [0, 0.05) is 23.5 Å². The summed E-state index contributed by atoms with van der Waals surface area (Å²) in [6, 6.07) is 13.6. The molecule has 0 aliphatic heterocycles. The molecule has 2 heterocycles. The minimum absolute atomic E-state index is 0.166. The Hall–Kier alpha value is -4.40. The molecule has 0 radical (unpaired) electrons. The number of fused-ring (bicyclic) bond motifs is 1. The second-order valence-electron chi connectivity index (χ2n) is 8.16. The molecule has 0 aliphatic rings. The number of para-hydroxylation sites is 1. The van der Waals surface area contributed by atoms with Crippen LogP contribution in [0.5, 0.6) is 5.88 Å². The lowest BCUT2D eigenvalue weighted by molar-refractivity contribution is -0.142. The molecular weight excluding hydrogens is 448 g/mol. The fourth-order valence-corrected chi connectivity index (χ4v) is 4.07. The summed E-state index contributed by atoms with van der Waals surface area (Å²) in [5.74, 6) is -1.12. The maximum atomic E-state index is 12.8. The number of carbonyl (C=O) groups excluding carboxylic acids is 1. The summed E-state index contributed by atoms with van der Waals surface area (Å²) in [5, 5.41) is 12.0. The van der Waals surface area contributed by atoms with E-state index in [9.17, 15) is 19.5 Å². The zero-order chi connectivity index (χ0) is 25.1. The third-order valence-corrected chi connectivity index (χ3v) is 5.87. The van der Waals surface area contributed by atoms with Crippen LogP contribution in [-0.4, -0.2) is 44.5 Å². The molecule has 4 rings (SSSR count). The molecule has 3 N–H and O–H groups in total. The Labute approximate surface area is 200 Å². The molecule has 0 saturated heterocycles. The van der Waals surface area contributed by atoms with Crippen molar-refractivity contribution in [3.05, 3.63) is 92.3 Å². The van der Waals surface area contributed by atoms with Gasteiger partial charge in [-0.3, -0.25) is 14.8 Å². The number of H-pyrrole nitrogens is 2. The van der Waals surface area contributed by atoms with E-state index >= 15 is 0 Å². The summed E-state index contributed by atoms with van der Waals surface area (Å²) < 4.78 is 5.99. The molecule has 0 saturated carbocycles. The van der Waals surface area contributed by atoms with Crippen LogP contribution in [0.3, 0.4) is 0 Å². The molecule has 180 valence electrons. The summed E-state index contributed by atoms with van der Waals surface area (Å²) in [4.78, 5) is 48.0. The molecule has 0 fully saturated rings. The molecule has 9 nitrogen and oxygen atoms in total. The van der Waals surface area contributed by atoms with Gasteiger partial charge in [0.05, 0.1) is 18.5 Å². The minimum Gasteiger partial charge on any atom is -0.493 e. The highest BCUT2D eigenvalue weighted by molar-refractivity contribution is 6.03. The molecule has 9 heteroatoms. The van der Waals surface area contributed by atoms with Crippen LogP contribution in [0.25, 0.3) is 16.6 Å². The Balaban J connectivity index is 1.82. The number of aromatic hydroxyl groups is 1. The Morgan fingerprint density at radius 2 is 1.86 bits per heavy atom. The standard InChI is InChI=1S/C26H26N4O5/c1-4-19(22-23(31)29-26(34)30(24(22)32)17-11-9-15(2)10-12-17)28-21(25(33)35-3)13-16-14-27-20-8-6-5-7-18(16)20/h5-12,14,21,27,32H,4,13H2,1-3H3,(H,29,31,34)/t21-/m1/s1. The first-order valence-corrected chi connectivity index (χ1v) is 11.2. The molecule has 0 amide bonds. The first-order valence-electron chi connectivity index (χ1n) is 11.2. The summed E-state index contributed by atoms with van der Waals surface area (Å²) >= 11 is 0. The number of ether oxygens (including phenoxy) is 1. The average Bonchev–Trinajstić information content (AvgIpc) is 3.26. The number of esters is 1. The number of methoxy groups -OCH3 is 1. The smallest absolute Gasteiger partial charge is 0.335 e. The van der Waals surface area contributed by atoms with E-state index in [-0.39, 0.29) is 24.1 Å². The van der Waals surface area contributed by atoms with Crippen LogP contribution in [0.4, 0.5) is 0 Å². The lowest BCUT2D eigenvalue weighted by atomic mass is 10.0. The number of aromatic nitrogens is 3. The van der Waals surface area contributed by atoms with Crippen molar-refractivity contribution < 1.29 is 14.6 Å². The van der Waals surface area contributed by atoms with E-state index in [2.05, 4.69) is 15.0 Å². The number of nitrogens with one attached hydrogen (secondary N) is 2. The van der Waals surface area contributed by atoms with Crippen molar-refractivity contribution in [1.82, 2.24) is 14.5 Å². The normalized spacial score (nSPS) is 12.6. The second-order valence-corrected chi connectivity index (χ2v) is 8.16. The topological polar surface area (TPSA) is 130 Å². The van der Waals surface area contributed by atoms with Gasteiger partial charge in [0.1, 0.15) is 5.56 Å². The molecule has 2 aromatic heterocycles. The van der Waals surface area contributed by atoms with Crippen LogP contribution in [0, 0.1) is 6.92 Å². The largest absolute Gasteiger partial charge is 0.493 e. The molecule has 2 aromatic carbocycles. The first kappa shape index (κ1) is 23.7. The number of rotatable bonds is 7. The number of nitrogens with zero attached hydrogens (tertiary/aromatic N) is 2. The van der Waals surface area contributed by atoms with E-state index in [1.807, 2.05) is 37.4 Å². The molecule has 0 aliphatic carbocycles. The SMILES string of the molecule is CCC(=N[C@H](Cc1c[nH]c2ccccc12)C(=O)OC)c1c(O)n(-c2ccc(C)cc2)c(=O)[nH]c1=O. The van der Waals surface area contributed by atoms with Gasteiger partial charge in [-0.1, -0.05) is 42.8 Å². The predicted octanol–water partition coefficient (Wildman–Crippen LogP) is 3.00. The van der Waals surface area contributed by atoms with E-state index in [1.54, 1.807) is 31.2 Å². The average molecular weight is 475 g/mol. The van der Waals surface area contributed by atoms with Gasteiger partial charge < -0.3 is 14.8 Å². The van der Waals surface area contributed by atoms with Gasteiger partial charge in [0.2, 0.25) is 5.88 Å². The van der Waals surface area contributed by atoms with Crippen molar-refractivity contribution in [3.8, 4) is 11.6 Å². The van der Waals surface area contributed by atoms with Gasteiger partial charge in [0.15, 0.2) is 6.04 Å². The van der Waals surface area contributed by atoms with Crippen molar-refractivity contribution in [2.24, 2.45) is 4.99 Å². The summed E-state index contributed by atoms with van der Waals surface area (Å²) in [6.45, 7) is 3.65. The minimum atomic E-state index is -0.965. The van der Waals surface area contributed by atoms with Crippen molar-refractivity contribution in [2.45, 2.75) is 32.7 Å². The van der Waals surface area contributed by atoms with Crippen LogP contribution < -0.4 is 11.2 Å². The molecule has 0 spiro atoms. The Kier molecular flexibility index (Phi) is 6.68. The zero-order valence-electron chi connectivity index (χ0n) is 19.7. The summed E-state index contributed by atoms with van der Waals surface area (Å²) in [7, 11) is 1.27. The number of aryl methyl sites for hydroxylation is 1. The van der Waals surface area contributed by atoms with Gasteiger partial charge in [0.25, 0.3) is 5.56 Å². The van der Waals surface area contributed by atoms with Crippen molar-refractivity contribution in [1.29, 1.82) is 0 Å². The predicted molar refractivity (Wildman–Crippen MR) is 134 cm³/mol. The van der Waals surface area contributed by atoms with Crippen LogP contribution in [0.2, 0.25) is 0 Å². The molecule has 0 unspecified atom stereocenters. The molecule has 1 atom stereocenters.